The molecular formula is C17H12N4O3. The van der Waals surface area contributed by atoms with Crippen molar-refractivity contribution >= 4 is 28.4 Å². The van der Waals surface area contributed by atoms with Gasteiger partial charge in [0.1, 0.15) is 17.6 Å². The second-order valence-electron chi connectivity index (χ2n) is 4.95. The number of fused-ring (bicyclic) bond motifs is 1. The summed E-state index contributed by atoms with van der Waals surface area (Å²) in [7, 11) is 1.56. The number of aromatic amines is 1. The van der Waals surface area contributed by atoms with Crippen molar-refractivity contribution in [2.75, 3.05) is 7.11 Å². The molecule has 24 heavy (non-hydrogen) atoms. The van der Waals surface area contributed by atoms with Crippen LogP contribution in [-0.2, 0) is 0 Å². The molecule has 7 nitrogen and oxygen atoms in total. The Kier molecular flexibility index (Phi) is 3.95. The molecule has 1 N–H and O–H groups in total. The first-order valence-corrected chi connectivity index (χ1v) is 7.01. The number of aromatic nitrogens is 2. The molecule has 0 amide bonds. The minimum Gasteiger partial charge on any atom is -0.497 e. The number of imidazole rings is 1. The number of hydrogen-bond acceptors (Lipinski definition) is 5. The number of hydrogen-bond donors (Lipinski definition) is 1. The predicted octanol–water partition coefficient (Wildman–Crippen LogP) is 3.54. The van der Waals surface area contributed by atoms with Crippen molar-refractivity contribution in [3.05, 3.63) is 64.0 Å². The maximum Gasteiger partial charge on any atom is 0.276 e. The van der Waals surface area contributed by atoms with E-state index in [0.29, 0.717) is 28.2 Å². The summed E-state index contributed by atoms with van der Waals surface area (Å²) >= 11 is 0. The molecule has 0 aliphatic heterocycles. The number of nitrogens with zero attached hydrogens (tertiary/aromatic N) is 3. The number of nitrogens with one attached hydrogen (secondary N) is 1. The lowest BCUT2D eigenvalue weighted by Crippen LogP contribution is -1.92. The van der Waals surface area contributed by atoms with E-state index < -0.39 is 4.92 Å². The highest BCUT2D eigenvalue weighted by atomic mass is 16.6. The molecule has 0 unspecified atom stereocenters. The summed E-state index contributed by atoms with van der Waals surface area (Å²) in [5.74, 6) is 1.01. The Morgan fingerprint density at radius 2 is 2.17 bits per heavy atom. The molecule has 0 spiro atoms. The van der Waals surface area contributed by atoms with Crippen molar-refractivity contribution in [3.8, 4) is 11.8 Å². The number of H-pyrrole nitrogens is 1. The van der Waals surface area contributed by atoms with E-state index in [1.54, 1.807) is 43.5 Å². The smallest absolute Gasteiger partial charge is 0.276 e. The topological polar surface area (TPSA) is 105 Å². The van der Waals surface area contributed by atoms with Crippen LogP contribution in [0.4, 0.5) is 5.69 Å². The average Bonchev–Trinajstić information content (AvgIpc) is 3.02. The van der Waals surface area contributed by atoms with Crippen molar-refractivity contribution in [1.29, 1.82) is 5.26 Å². The Morgan fingerprint density at radius 3 is 2.88 bits per heavy atom. The van der Waals surface area contributed by atoms with Crippen molar-refractivity contribution in [3.63, 3.8) is 0 Å². The summed E-state index contributed by atoms with van der Waals surface area (Å²) < 4.78 is 5.15. The van der Waals surface area contributed by atoms with Crippen LogP contribution < -0.4 is 4.74 Å². The molecule has 2 aromatic carbocycles. The molecule has 0 bridgehead atoms. The summed E-state index contributed by atoms with van der Waals surface area (Å²) in [6.45, 7) is 0. The van der Waals surface area contributed by atoms with Gasteiger partial charge in [0.25, 0.3) is 5.69 Å². The van der Waals surface area contributed by atoms with Gasteiger partial charge in [-0.05, 0) is 24.3 Å². The Labute approximate surface area is 137 Å². The Hall–Kier alpha value is -3.66. The van der Waals surface area contributed by atoms with Crippen LogP contribution in [0.25, 0.3) is 22.7 Å². The predicted molar refractivity (Wildman–Crippen MR) is 89.2 cm³/mol. The SMILES string of the molecule is COc1ccc2nc(C(C#N)=Cc3ccccc3[N+](=O)[O-])[nH]c2c1. The van der Waals surface area contributed by atoms with Gasteiger partial charge in [-0.3, -0.25) is 10.1 Å². The average molecular weight is 320 g/mol. The maximum absolute atomic E-state index is 11.1. The number of ether oxygens (including phenoxy) is 1. The molecule has 0 aliphatic rings. The zero-order chi connectivity index (χ0) is 17.1. The van der Waals surface area contributed by atoms with E-state index in [0.717, 1.165) is 0 Å². The monoisotopic (exact) mass is 320 g/mol. The number of benzene rings is 2. The Bertz CT molecular complexity index is 998. The van der Waals surface area contributed by atoms with Crippen LogP contribution in [0.1, 0.15) is 11.4 Å². The van der Waals surface area contributed by atoms with Crippen molar-refractivity contribution in [2.45, 2.75) is 0 Å². The number of nitro groups is 1. The minimum absolute atomic E-state index is 0.0666. The molecule has 118 valence electrons. The lowest BCUT2D eigenvalue weighted by Gasteiger charge is -1.98. The van der Waals surface area contributed by atoms with Crippen LogP contribution >= 0.6 is 0 Å². The Balaban J connectivity index is 2.09. The number of rotatable bonds is 4. The number of methoxy groups -OCH3 is 1. The van der Waals surface area contributed by atoms with Gasteiger partial charge in [0, 0.05) is 12.1 Å². The van der Waals surface area contributed by atoms with E-state index in [9.17, 15) is 15.4 Å². The molecule has 0 radical (unpaired) electrons. The zero-order valence-corrected chi connectivity index (χ0v) is 12.7. The van der Waals surface area contributed by atoms with Crippen molar-refractivity contribution < 1.29 is 9.66 Å². The standard InChI is InChI=1S/C17H12N4O3/c1-24-13-6-7-14-15(9-13)20-17(19-14)12(10-18)8-11-4-2-3-5-16(11)21(22)23/h2-9H,1H3,(H,19,20). The number of allylic oxidation sites excluding steroid dienone is 1. The second kappa shape index (κ2) is 6.22. The van der Waals surface area contributed by atoms with Gasteiger partial charge >= 0.3 is 0 Å². The number of nitriles is 1. The molecule has 7 heteroatoms. The van der Waals surface area contributed by atoms with Crippen LogP contribution in [0.2, 0.25) is 0 Å². The van der Waals surface area contributed by atoms with E-state index >= 15 is 0 Å². The molecule has 1 heterocycles. The molecule has 0 saturated heterocycles. The van der Waals surface area contributed by atoms with Crippen LogP contribution in [0.15, 0.2) is 42.5 Å². The summed E-state index contributed by atoms with van der Waals surface area (Å²) in [5.41, 5.74) is 1.88. The molecule has 3 rings (SSSR count). The van der Waals surface area contributed by atoms with Gasteiger partial charge in [-0.1, -0.05) is 12.1 Å². The largest absolute Gasteiger partial charge is 0.497 e. The normalized spacial score (nSPS) is 11.2. The Morgan fingerprint density at radius 1 is 1.38 bits per heavy atom. The summed E-state index contributed by atoms with van der Waals surface area (Å²) in [6.07, 6.45) is 1.45. The fourth-order valence-electron chi connectivity index (χ4n) is 2.33. The molecular weight excluding hydrogens is 308 g/mol. The van der Waals surface area contributed by atoms with Gasteiger partial charge in [0.2, 0.25) is 0 Å². The lowest BCUT2D eigenvalue weighted by atomic mass is 10.1. The van der Waals surface area contributed by atoms with E-state index in [-0.39, 0.29) is 11.3 Å². The van der Waals surface area contributed by atoms with E-state index in [1.807, 2.05) is 6.07 Å². The van der Waals surface area contributed by atoms with Gasteiger partial charge in [-0.15, -0.1) is 0 Å². The van der Waals surface area contributed by atoms with Crippen molar-refractivity contribution in [1.82, 2.24) is 9.97 Å². The third kappa shape index (κ3) is 2.80. The quantitative estimate of drug-likeness (QED) is 0.449. The third-order valence-electron chi connectivity index (χ3n) is 3.50. The van der Waals surface area contributed by atoms with Gasteiger partial charge in [-0.25, -0.2) is 4.98 Å². The van der Waals surface area contributed by atoms with Crippen molar-refractivity contribution in [2.24, 2.45) is 0 Å². The van der Waals surface area contributed by atoms with Crippen LogP contribution in [0, 0.1) is 21.4 Å². The molecule has 0 fully saturated rings. The number of nitro benzene ring substituents is 1. The molecule has 0 atom stereocenters. The van der Waals surface area contributed by atoms with E-state index in [2.05, 4.69) is 9.97 Å². The van der Waals surface area contributed by atoms with Crippen LogP contribution in [-0.4, -0.2) is 22.0 Å². The molecule has 1 aromatic heterocycles. The number of para-hydroxylation sites is 1. The van der Waals surface area contributed by atoms with Gasteiger partial charge in [0.05, 0.1) is 34.2 Å². The van der Waals surface area contributed by atoms with E-state index in [4.69, 9.17) is 4.74 Å². The highest BCUT2D eigenvalue weighted by Gasteiger charge is 2.14. The highest BCUT2D eigenvalue weighted by Crippen LogP contribution is 2.25. The molecule has 3 aromatic rings. The van der Waals surface area contributed by atoms with Gasteiger partial charge in [-0.2, -0.15) is 5.26 Å². The van der Waals surface area contributed by atoms with Crippen LogP contribution in [0.5, 0.6) is 5.75 Å². The van der Waals surface area contributed by atoms with Gasteiger partial charge in [0.15, 0.2) is 0 Å². The van der Waals surface area contributed by atoms with Gasteiger partial charge < -0.3 is 9.72 Å². The summed E-state index contributed by atoms with van der Waals surface area (Å²) in [5, 5.41) is 20.5. The second-order valence-corrected chi connectivity index (χ2v) is 4.95. The third-order valence-corrected chi connectivity index (χ3v) is 3.50. The first kappa shape index (κ1) is 15.2. The molecule has 0 saturated carbocycles. The zero-order valence-electron chi connectivity index (χ0n) is 12.7. The molecule has 0 aliphatic carbocycles. The van der Waals surface area contributed by atoms with Crippen LogP contribution in [0.3, 0.4) is 0 Å². The highest BCUT2D eigenvalue weighted by molar-refractivity contribution is 5.91. The first-order chi connectivity index (χ1) is 11.6. The fourth-order valence-corrected chi connectivity index (χ4v) is 2.33. The fraction of sp³-hybridized carbons (Fsp3) is 0.0588. The first-order valence-electron chi connectivity index (χ1n) is 7.01. The lowest BCUT2D eigenvalue weighted by molar-refractivity contribution is -0.385. The minimum atomic E-state index is -0.482. The van der Waals surface area contributed by atoms with E-state index in [1.165, 1.54) is 12.1 Å². The maximum atomic E-state index is 11.1. The summed E-state index contributed by atoms with van der Waals surface area (Å²) in [6, 6.07) is 13.6. The summed E-state index contributed by atoms with van der Waals surface area (Å²) in [4.78, 5) is 18.0.